The molecule has 0 aliphatic carbocycles. The summed E-state index contributed by atoms with van der Waals surface area (Å²) in [6.07, 6.45) is 4.46. The van der Waals surface area contributed by atoms with Gasteiger partial charge >= 0.3 is 0 Å². The van der Waals surface area contributed by atoms with Gasteiger partial charge in [0.1, 0.15) is 0 Å². The van der Waals surface area contributed by atoms with Crippen molar-refractivity contribution in [1.82, 2.24) is 4.90 Å². The van der Waals surface area contributed by atoms with Crippen LogP contribution in [0.15, 0.2) is 24.3 Å². The van der Waals surface area contributed by atoms with Crippen LogP contribution in [0, 0.1) is 11.8 Å². The molecule has 1 aromatic carbocycles. The van der Waals surface area contributed by atoms with Gasteiger partial charge in [0, 0.05) is 34.8 Å². The van der Waals surface area contributed by atoms with Crippen LogP contribution in [0.1, 0.15) is 25.8 Å². The van der Waals surface area contributed by atoms with E-state index < -0.39 is 0 Å². The second-order valence-corrected chi connectivity index (χ2v) is 6.47. The summed E-state index contributed by atoms with van der Waals surface area (Å²) < 4.78 is 0. The molecule has 1 aliphatic heterocycles. The van der Waals surface area contributed by atoms with Crippen LogP contribution in [0.3, 0.4) is 0 Å². The second kappa shape index (κ2) is 6.64. The molecule has 1 heterocycles. The van der Waals surface area contributed by atoms with Gasteiger partial charge in [-0.25, -0.2) is 0 Å². The zero-order valence-corrected chi connectivity index (χ0v) is 13.3. The number of halogens is 2. The third-order valence-electron chi connectivity index (χ3n) is 3.57. The maximum Gasteiger partial charge on any atom is 0.246 e. The minimum Gasteiger partial charge on any atom is -0.339 e. The Bertz CT molecular complexity index is 497. The summed E-state index contributed by atoms with van der Waals surface area (Å²) in [5.41, 5.74) is 0.697. The highest BCUT2D eigenvalue weighted by molar-refractivity contribution is 6.37. The van der Waals surface area contributed by atoms with Crippen LogP contribution < -0.4 is 0 Å². The van der Waals surface area contributed by atoms with Gasteiger partial charge in [0.25, 0.3) is 0 Å². The number of carbonyl (C=O) groups excluding carboxylic acids is 1. The third kappa shape index (κ3) is 3.77. The number of hydrogen-bond donors (Lipinski definition) is 0. The Morgan fingerprint density at radius 3 is 2.30 bits per heavy atom. The largest absolute Gasteiger partial charge is 0.339 e. The lowest BCUT2D eigenvalue weighted by Gasteiger charge is -2.34. The molecule has 0 bridgehead atoms. The van der Waals surface area contributed by atoms with E-state index in [2.05, 4.69) is 13.8 Å². The SMILES string of the molecule is CC1CC(C)CN(C(=O)C=Cc2c(Cl)cccc2Cl)C1. The molecule has 2 nitrogen and oxygen atoms in total. The van der Waals surface area contributed by atoms with E-state index in [9.17, 15) is 4.79 Å². The van der Waals surface area contributed by atoms with Crippen LogP contribution in [0.4, 0.5) is 0 Å². The van der Waals surface area contributed by atoms with Crippen molar-refractivity contribution in [1.29, 1.82) is 0 Å². The maximum atomic E-state index is 12.2. The van der Waals surface area contributed by atoms with E-state index in [0.717, 1.165) is 13.1 Å². The molecule has 4 heteroatoms. The first-order chi connectivity index (χ1) is 9.47. The monoisotopic (exact) mass is 311 g/mol. The van der Waals surface area contributed by atoms with E-state index >= 15 is 0 Å². The molecular formula is C16H19Cl2NO. The standard InChI is InChI=1S/C16H19Cl2NO/c1-11-8-12(2)10-19(9-11)16(20)7-6-13-14(17)4-3-5-15(13)18/h3-7,11-12H,8-10H2,1-2H3. The number of nitrogens with zero attached hydrogens (tertiary/aromatic N) is 1. The fraction of sp³-hybridized carbons (Fsp3) is 0.438. The molecule has 0 spiro atoms. The lowest BCUT2D eigenvalue weighted by atomic mass is 9.92. The summed E-state index contributed by atoms with van der Waals surface area (Å²) >= 11 is 12.2. The molecule has 1 fully saturated rings. The first-order valence-electron chi connectivity index (χ1n) is 6.88. The minimum atomic E-state index is 0.0272. The fourth-order valence-corrected chi connectivity index (χ4v) is 3.30. The highest BCUT2D eigenvalue weighted by Crippen LogP contribution is 2.26. The average Bonchev–Trinajstić information content (AvgIpc) is 2.36. The number of piperidine rings is 1. The lowest BCUT2D eigenvalue weighted by molar-refractivity contribution is -0.128. The molecule has 2 rings (SSSR count). The van der Waals surface area contributed by atoms with Gasteiger partial charge in [0.15, 0.2) is 0 Å². The van der Waals surface area contributed by atoms with Gasteiger partial charge in [0.2, 0.25) is 5.91 Å². The molecule has 0 saturated carbocycles. The molecule has 2 unspecified atom stereocenters. The zero-order valence-electron chi connectivity index (χ0n) is 11.8. The Hall–Kier alpha value is -0.990. The summed E-state index contributed by atoms with van der Waals surface area (Å²) in [4.78, 5) is 14.1. The van der Waals surface area contributed by atoms with E-state index in [1.807, 2.05) is 4.90 Å². The number of rotatable bonds is 2. The molecule has 1 aliphatic rings. The van der Waals surface area contributed by atoms with Crippen LogP contribution in [0.2, 0.25) is 10.0 Å². The van der Waals surface area contributed by atoms with E-state index in [1.165, 1.54) is 6.42 Å². The van der Waals surface area contributed by atoms with Gasteiger partial charge in [-0.05, 0) is 36.5 Å². The Kier molecular flexibility index (Phi) is 5.11. The predicted octanol–water partition coefficient (Wildman–Crippen LogP) is 4.51. The quantitative estimate of drug-likeness (QED) is 0.736. The molecule has 2 atom stereocenters. The van der Waals surface area contributed by atoms with Gasteiger partial charge < -0.3 is 4.90 Å². The first-order valence-corrected chi connectivity index (χ1v) is 7.64. The van der Waals surface area contributed by atoms with Crippen LogP contribution >= 0.6 is 23.2 Å². The highest BCUT2D eigenvalue weighted by Gasteiger charge is 2.24. The Morgan fingerprint density at radius 1 is 1.20 bits per heavy atom. The summed E-state index contributed by atoms with van der Waals surface area (Å²) in [5, 5.41) is 1.11. The minimum absolute atomic E-state index is 0.0272. The van der Waals surface area contributed by atoms with E-state index in [4.69, 9.17) is 23.2 Å². The number of amides is 1. The van der Waals surface area contributed by atoms with Crippen molar-refractivity contribution in [2.45, 2.75) is 20.3 Å². The summed E-state index contributed by atoms with van der Waals surface area (Å²) in [7, 11) is 0. The van der Waals surface area contributed by atoms with Crippen LogP contribution in [0.5, 0.6) is 0 Å². The second-order valence-electron chi connectivity index (χ2n) is 5.66. The van der Waals surface area contributed by atoms with Crippen LogP contribution in [-0.4, -0.2) is 23.9 Å². The van der Waals surface area contributed by atoms with Crippen molar-refractivity contribution in [3.05, 3.63) is 39.9 Å². The van der Waals surface area contributed by atoms with Crippen molar-refractivity contribution < 1.29 is 4.79 Å². The first kappa shape index (κ1) is 15.4. The van der Waals surface area contributed by atoms with Crippen molar-refractivity contribution >= 4 is 35.2 Å². The summed E-state index contributed by atoms with van der Waals surface area (Å²) in [6.45, 7) is 6.02. The molecule has 108 valence electrons. The molecule has 0 N–H and O–H groups in total. The third-order valence-corrected chi connectivity index (χ3v) is 4.23. The van der Waals surface area contributed by atoms with Crippen LogP contribution in [-0.2, 0) is 4.79 Å². The molecule has 20 heavy (non-hydrogen) atoms. The van der Waals surface area contributed by atoms with Crippen LogP contribution in [0.25, 0.3) is 6.08 Å². The number of carbonyl (C=O) groups is 1. The van der Waals surface area contributed by atoms with E-state index in [1.54, 1.807) is 30.4 Å². The van der Waals surface area contributed by atoms with Gasteiger partial charge in [-0.2, -0.15) is 0 Å². The average molecular weight is 312 g/mol. The van der Waals surface area contributed by atoms with E-state index in [-0.39, 0.29) is 5.91 Å². The van der Waals surface area contributed by atoms with E-state index in [0.29, 0.717) is 27.4 Å². The van der Waals surface area contributed by atoms with Crippen molar-refractivity contribution in [2.75, 3.05) is 13.1 Å². The molecule has 1 amide bonds. The molecule has 1 saturated heterocycles. The Morgan fingerprint density at radius 2 is 1.75 bits per heavy atom. The summed E-state index contributed by atoms with van der Waals surface area (Å²) in [5.74, 6) is 1.14. The Balaban J connectivity index is 2.09. The molecule has 1 aromatic rings. The molecule has 0 aromatic heterocycles. The normalized spacial score (nSPS) is 23.3. The predicted molar refractivity (Wildman–Crippen MR) is 85.0 cm³/mol. The highest BCUT2D eigenvalue weighted by atomic mass is 35.5. The van der Waals surface area contributed by atoms with Gasteiger partial charge in [-0.1, -0.05) is 43.1 Å². The number of benzene rings is 1. The number of hydrogen-bond acceptors (Lipinski definition) is 1. The van der Waals surface area contributed by atoms with Gasteiger partial charge in [-0.15, -0.1) is 0 Å². The van der Waals surface area contributed by atoms with Crippen molar-refractivity contribution in [3.8, 4) is 0 Å². The fourth-order valence-electron chi connectivity index (χ4n) is 2.77. The Labute approximate surface area is 130 Å². The lowest BCUT2D eigenvalue weighted by Crippen LogP contribution is -2.41. The van der Waals surface area contributed by atoms with Crippen molar-refractivity contribution in [3.63, 3.8) is 0 Å². The number of likely N-dealkylation sites (tertiary alicyclic amines) is 1. The molecule has 0 radical (unpaired) electrons. The maximum absolute atomic E-state index is 12.2. The van der Waals surface area contributed by atoms with Gasteiger partial charge in [-0.3, -0.25) is 4.79 Å². The summed E-state index contributed by atoms with van der Waals surface area (Å²) in [6, 6.07) is 5.32. The topological polar surface area (TPSA) is 20.3 Å². The molecular weight excluding hydrogens is 293 g/mol. The smallest absolute Gasteiger partial charge is 0.246 e. The zero-order chi connectivity index (χ0) is 14.7. The van der Waals surface area contributed by atoms with Crippen molar-refractivity contribution in [2.24, 2.45) is 11.8 Å². The van der Waals surface area contributed by atoms with Gasteiger partial charge in [0.05, 0.1) is 0 Å².